The average molecular weight is 241 g/mol. The number of aryl methyl sites for hydroxylation is 3. The molecular weight excluding hydrogens is 222 g/mol. The van der Waals surface area contributed by atoms with Crippen molar-refractivity contribution in [2.45, 2.75) is 33.2 Å². The van der Waals surface area contributed by atoms with E-state index in [4.69, 9.17) is 5.73 Å². The Bertz CT molecular complexity index is 532. The topological polar surface area (TPSA) is 51.8 Å². The summed E-state index contributed by atoms with van der Waals surface area (Å²) in [6.07, 6.45) is 4.33. The smallest absolute Gasteiger partial charge is 0.0757 e. The summed E-state index contributed by atoms with van der Waals surface area (Å²) in [6, 6.07) is 6.35. The quantitative estimate of drug-likeness (QED) is 0.898. The lowest BCUT2D eigenvalue weighted by molar-refractivity contribution is 0.687. The highest BCUT2D eigenvalue weighted by Crippen LogP contribution is 2.18. The lowest BCUT2D eigenvalue weighted by Gasteiger charge is -2.13. The molecule has 2 rings (SSSR count). The van der Waals surface area contributed by atoms with Gasteiger partial charge in [-0.15, -0.1) is 0 Å². The number of benzene rings is 1. The number of hydrogen-bond acceptors (Lipinski definition) is 3. The number of aromatic nitrogens is 2. The summed E-state index contributed by atoms with van der Waals surface area (Å²) in [7, 11) is 0. The molecule has 0 saturated heterocycles. The van der Waals surface area contributed by atoms with Gasteiger partial charge in [0.25, 0.3) is 0 Å². The van der Waals surface area contributed by atoms with Gasteiger partial charge < -0.3 is 5.73 Å². The first-order valence-electron chi connectivity index (χ1n) is 6.16. The Morgan fingerprint density at radius 1 is 1.11 bits per heavy atom. The van der Waals surface area contributed by atoms with Crippen LogP contribution in [-0.2, 0) is 6.42 Å². The van der Waals surface area contributed by atoms with Crippen molar-refractivity contribution in [1.82, 2.24) is 9.97 Å². The zero-order valence-electron chi connectivity index (χ0n) is 11.1. The monoisotopic (exact) mass is 241 g/mol. The minimum atomic E-state index is -0.0985. The molecule has 3 heteroatoms. The molecule has 0 aliphatic heterocycles. The zero-order valence-corrected chi connectivity index (χ0v) is 11.1. The maximum atomic E-state index is 6.19. The van der Waals surface area contributed by atoms with E-state index in [1.54, 1.807) is 12.4 Å². The SMILES string of the molecule is Cc1ccc(C)c(CC(N)c2cnc(C)cn2)c1. The molecule has 3 nitrogen and oxygen atoms in total. The van der Waals surface area contributed by atoms with Gasteiger partial charge in [0.1, 0.15) is 0 Å². The molecule has 2 N–H and O–H groups in total. The number of nitrogens with zero attached hydrogens (tertiary/aromatic N) is 2. The van der Waals surface area contributed by atoms with Crippen molar-refractivity contribution in [3.05, 3.63) is 58.7 Å². The van der Waals surface area contributed by atoms with Crippen LogP contribution in [0.5, 0.6) is 0 Å². The van der Waals surface area contributed by atoms with Gasteiger partial charge in [-0.05, 0) is 38.3 Å². The molecule has 0 saturated carbocycles. The molecule has 0 aliphatic rings. The molecule has 1 aromatic heterocycles. The van der Waals surface area contributed by atoms with Crippen LogP contribution in [-0.4, -0.2) is 9.97 Å². The van der Waals surface area contributed by atoms with Gasteiger partial charge in [0, 0.05) is 6.20 Å². The van der Waals surface area contributed by atoms with E-state index in [9.17, 15) is 0 Å². The van der Waals surface area contributed by atoms with Crippen LogP contribution in [0.3, 0.4) is 0 Å². The van der Waals surface area contributed by atoms with Gasteiger partial charge in [0.15, 0.2) is 0 Å². The Balaban J connectivity index is 2.18. The predicted molar refractivity (Wildman–Crippen MR) is 73.3 cm³/mol. The van der Waals surface area contributed by atoms with Crippen LogP contribution >= 0.6 is 0 Å². The number of hydrogen-bond donors (Lipinski definition) is 1. The molecule has 0 spiro atoms. The van der Waals surface area contributed by atoms with Gasteiger partial charge in [-0.25, -0.2) is 0 Å². The zero-order chi connectivity index (χ0) is 13.1. The highest BCUT2D eigenvalue weighted by Gasteiger charge is 2.10. The van der Waals surface area contributed by atoms with Crippen LogP contribution in [0.2, 0.25) is 0 Å². The van der Waals surface area contributed by atoms with Gasteiger partial charge in [-0.3, -0.25) is 9.97 Å². The van der Waals surface area contributed by atoms with Crippen molar-refractivity contribution in [2.75, 3.05) is 0 Å². The Hall–Kier alpha value is -1.74. The van der Waals surface area contributed by atoms with E-state index in [-0.39, 0.29) is 6.04 Å². The fourth-order valence-corrected chi connectivity index (χ4v) is 1.96. The van der Waals surface area contributed by atoms with Crippen molar-refractivity contribution in [3.63, 3.8) is 0 Å². The minimum absolute atomic E-state index is 0.0985. The third-order valence-electron chi connectivity index (χ3n) is 3.13. The summed E-state index contributed by atoms with van der Waals surface area (Å²) in [5.41, 5.74) is 11.8. The maximum absolute atomic E-state index is 6.19. The van der Waals surface area contributed by atoms with Crippen LogP contribution < -0.4 is 5.73 Å². The second-order valence-corrected chi connectivity index (χ2v) is 4.82. The lowest BCUT2D eigenvalue weighted by atomic mass is 9.98. The molecule has 1 aromatic carbocycles. The molecule has 94 valence electrons. The van der Waals surface area contributed by atoms with E-state index in [0.717, 1.165) is 17.8 Å². The van der Waals surface area contributed by atoms with Gasteiger partial charge in [-0.2, -0.15) is 0 Å². The molecule has 0 fully saturated rings. The Morgan fingerprint density at radius 3 is 2.56 bits per heavy atom. The highest BCUT2D eigenvalue weighted by atomic mass is 14.8. The van der Waals surface area contributed by atoms with E-state index in [1.165, 1.54) is 16.7 Å². The van der Waals surface area contributed by atoms with Crippen molar-refractivity contribution in [2.24, 2.45) is 5.73 Å². The Kier molecular flexibility index (Phi) is 3.72. The molecule has 0 amide bonds. The average Bonchev–Trinajstić information content (AvgIpc) is 2.34. The fraction of sp³-hybridized carbons (Fsp3) is 0.333. The summed E-state index contributed by atoms with van der Waals surface area (Å²) < 4.78 is 0. The van der Waals surface area contributed by atoms with Crippen LogP contribution in [0.15, 0.2) is 30.6 Å². The molecular formula is C15H19N3. The first kappa shape index (κ1) is 12.7. The van der Waals surface area contributed by atoms with E-state index in [0.29, 0.717) is 0 Å². The third kappa shape index (κ3) is 2.93. The number of rotatable bonds is 3. The van der Waals surface area contributed by atoms with Crippen LogP contribution in [0.1, 0.15) is 34.1 Å². The molecule has 18 heavy (non-hydrogen) atoms. The maximum Gasteiger partial charge on any atom is 0.0757 e. The molecule has 0 radical (unpaired) electrons. The third-order valence-corrected chi connectivity index (χ3v) is 3.13. The van der Waals surface area contributed by atoms with E-state index in [2.05, 4.69) is 42.0 Å². The van der Waals surface area contributed by atoms with Gasteiger partial charge in [-0.1, -0.05) is 23.8 Å². The Labute approximate surface area is 108 Å². The highest BCUT2D eigenvalue weighted by molar-refractivity contribution is 5.31. The molecule has 0 aliphatic carbocycles. The van der Waals surface area contributed by atoms with Crippen LogP contribution in [0.4, 0.5) is 0 Å². The van der Waals surface area contributed by atoms with Gasteiger partial charge >= 0.3 is 0 Å². The Morgan fingerprint density at radius 2 is 1.89 bits per heavy atom. The summed E-state index contributed by atoms with van der Waals surface area (Å²) in [5.74, 6) is 0. The molecule has 1 heterocycles. The fourth-order valence-electron chi connectivity index (χ4n) is 1.96. The van der Waals surface area contributed by atoms with Crippen LogP contribution in [0.25, 0.3) is 0 Å². The summed E-state index contributed by atoms with van der Waals surface area (Å²) >= 11 is 0. The molecule has 1 unspecified atom stereocenters. The van der Waals surface area contributed by atoms with Crippen molar-refractivity contribution < 1.29 is 0 Å². The largest absolute Gasteiger partial charge is 0.322 e. The first-order chi connectivity index (χ1) is 8.56. The molecule has 0 bridgehead atoms. The number of nitrogens with two attached hydrogens (primary N) is 1. The summed E-state index contributed by atoms with van der Waals surface area (Å²) in [6.45, 7) is 6.13. The van der Waals surface area contributed by atoms with Crippen molar-refractivity contribution >= 4 is 0 Å². The second-order valence-electron chi connectivity index (χ2n) is 4.82. The molecule has 2 aromatic rings. The second kappa shape index (κ2) is 5.27. The van der Waals surface area contributed by atoms with E-state index < -0.39 is 0 Å². The van der Waals surface area contributed by atoms with Gasteiger partial charge in [0.05, 0.1) is 23.6 Å². The van der Waals surface area contributed by atoms with E-state index >= 15 is 0 Å². The van der Waals surface area contributed by atoms with Gasteiger partial charge in [0.2, 0.25) is 0 Å². The van der Waals surface area contributed by atoms with Crippen LogP contribution in [0, 0.1) is 20.8 Å². The van der Waals surface area contributed by atoms with E-state index in [1.807, 2.05) is 6.92 Å². The van der Waals surface area contributed by atoms with Crippen molar-refractivity contribution in [3.8, 4) is 0 Å². The normalized spacial score (nSPS) is 12.4. The first-order valence-corrected chi connectivity index (χ1v) is 6.16. The predicted octanol–water partition coefficient (Wildman–Crippen LogP) is 2.64. The molecule has 1 atom stereocenters. The van der Waals surface area contributed by atoms with Crippen molar-refractivity contribution in [1.29, 1.82) is 0 Å². The standard InChI is InChI=1S/C15H19N3/c1-10-4-5-11(2)13(6-10)7-14(16)15-9-17-12(3)8-18-15/h4-6,8-9,14H,7,16H2,1-3H3. The summed E-state index contributed by atoms with van der Waals surface area (Å²) in [5, 5.41) is 0. The summed E-state index contributed by atoms with van der Waals surface area (Å²) in [4.78, 5) is 8.58. The lowest BCUT2D eigenvalue weighted by Crippen LogP contribution is -2.16. The minimum Gasteiger partial charge on any atom is -0.322 e.